The van der Waals surface area contributed by atoms with Gasteiger partial charge in [0.1, 0.15) is 0 Å². The smallest absolute Gasteiger partial charge is 0.268 e. The first-order valence-corrected chi connectivity index (χ1v) is 7.33. The summed E-state index contributed by atoms with van der Waals surface area (Å²) < 4.78 is 0. The number of nitrogens with two attached hydrogens (primary N) is 1. The summed E-state index contributed by atoms with van der Waals surface area (Å²) in [7, 11) is 0. The van der Waals surface area contributed by atoms with Crippen LogP contribution in [-0.4, -0.2) is 17.0 Å². The first-order chi connectivity index (χ1) is 9.16. The highest BCUT2D eigenvalue weighted by atomic mass is 16.2. The third-order valence-electron chi connectivity index (χ3n) is 3.60. The zero-order valence-electron chi connectivity index (χ0n) is 13.7. The summed E-state index contributed by atoms with van der Waals surface area (Å²) in [6, 6.07) is 5.91. The van der Waals surface area contributed by atoms with Crippen molar-refractivity contribution in [1.82, 2.24) is 5.01 Å². The van der Waals surface area contributed by atoms with Gasteiger partial charge >= 0.3 is 0 Å². The zero-order valence-corrected chi connectivity index (χ0v) is 13.7. The molecule has 20 heavy (non-hydrogen) atoms. The number of nitrogens with zero attached hydrogens (tertiary/aromatic N) is 1. The van der Waals surface area contributed by atoms with Crippen molar-refractivity contribution in [2.45, 2.75) is 60.4 Å². The normalized spacial score (nSPS) is 13.2. The molecule has 2 N–H and O–H groups in total. The van der Waals surface area contributed by atoms with E-state index in [2.05, 4.69) is 33.8 Å². The van der Waals surface area contributed by atoms with Gasteiger partial charge in [-0.25, -0.2) is 5.84 Å². The molecule has 1 atom stereocenters. The van der Waals surface area contributed by atoms with Gasteiger partial charge in [-0.15, -0.1) is 0 Å². The maximum atomic E-state index is 12.6. The average molecular weight is 276 g/mol. The molecule has 1 rings (SSSR count). The van der Waals surface area contributed by atoms with E-state index < -0.39 is 0 Å². The minimum atomic E-state index is -0.0924. The molecule has 0 heterocycles. The molecule has 0 unspecified atom stereocenters. The van der Waals surface area contributed by atoms with Gasteiger partial charge in [-0.1, -0.05) is 51.3 Å². The number of carbonyl (C=O) groups is 1. The number of amides is 1. The number of carbonyl (C=O) groups excluding carboxylic acids is 1. The van der Waals surface area contributed by atoms with E-state index in [1.54, 1.807) is 0 Å². The Morgan fingerprint density at radius 1 is 1.20 bits per heavy atom. The van der Waals surface area contributed by atoms with E-state index in [1.807, 2.05) is 26.0 Å². The summed E-state index contributed by atoms with van der Waals surface area (Å²) in [5.41, 5.74) is 2.82. The Labute approximate surface area is 123 Å². The second kappa shape index (κ2) is 6.40. The van der Waals surface area contributed by atoms with Crippen LogP contribution in [0.15, 0.2) is 18.2 Å². The SMILES string of the molecule is CCC[C@@H](N(N)C(=O)c1cc(C)cc(C)c1)C(C)(C)C. The van der Waals surface area contributed by atoms with Crippen molar-refractivity contribution in [2.24, 2.45) is 11.3 Å². The number of benzene rings is 1. The van der Waals surface area contributed by atoms with Crippen LogP contribution in [-0.2, 0) is 0 Å². The fourth-order valence-electron chi connectivity index (χ4n) is 2.65. The van der Waals surface area contributed by atoms with E-state index in [1.165, 1.54) is 5.01 Å². The Morgan fingerprint density at radius 2 is 1.70 bits per heavy atom. The first-order valence-electron chi connectivity index (χ1n) is 7.33. The van der Waals surface area contributed by atoms with Gasteiger partial charge in [0.05, 0.1) is 6.04 Å². The summed E-state index contributed by atoms with van der Waals surface area (Å²) in [5, 5.41) is 1.43. The van der Waals surface area contributed by atoms with Crippen molar-refractivity contribution >= 4 is 5.91 Å². The molecule has 1 aromatic carbocycles. The number of rotatable bonds is 4. The van der Waals surface area contributed by atoms with Crippen LogP contribution in [0, 0.1) is 19.3 Å². The monoisotopic (exact) mass is 276 g/mol. The zero-order chi connectivity index (χ0) is 15.5. The van der Waals surface area contributed by atoms with Crippen molar-refractivity contribution in [1.29, 1.82) is 0 Å². The Hall–Kier alpha value is -1.35. The molecule has 0 saturated carbocycles. The first kappa shape index (κ1) is 16.7. The van der Waals surface area contributed by atoms with Crippen LogP contribution in [0.5, 0.6) is 0 Å². The highest BCUT2D eigenvalue weighted by Gasteiger charge is 2.31. The third-order valence-corrected chi connectivity index (χ3v) is 3.60. The lowest BCUT2D eigenvalue weighted by molar-refractivity contribution is 0.0492. The summed E-state index contributed by atoms with van der Waals surface area (Å²) in [6.45, 7) is 12.5. The summed E-state index contributed by atoms with van der Waals surface area (Å²) in [6.07, 6.45) is 1.92. The highest BCUT2D eigenvalue weighted by Crippen LogP contribution is 2.27. The van der Waals surface area contributed by atoms with E-state index in [4.69, 9.17) is 5.84 Å². The lowest BCUT2D eigenvalue weighted by Crippen LogP contribution is -2.51. The molecule has 0 aliphatic heterocycles. The van der Waals surface area contributed by atoms with Gasteiger partial charge in [0.25, 0.3) is 5.91 Å². The van der Waals surface area contributed by atoms with Crippen molar-refractivity contribution in [3.63, 3.8) is 0 Å². The molecular weight excluding hydrogens is 248 g/mol. The molecule has 1 aromatic rings. The van der Waals surface area contributed by atoms with E-state index in [9.17, 15) is 4.79 Å². The molecule has 0 bridgehead atoms. The Morgan fingerprint density at radius 3 is 2.10 bits per heavy atom. The molecule has 112 valence electrons. The Kier molecular flexibility index (Phi) is 5.35. The molecule has 3 nitrogen and oxygen atoms in total. The van der Waals surface area contributed by atoms with Gasteiger partial charge in [-0.3, -0.25) is 9.80 Å². The number of hydrazine groups is 1. The van der Waals surface area contributed by atoms with Crippen LogP contribution in [0.25, 0.3) is 0 Å². The molecule has 0 radical (unpaired) electrons. The standard InChI is InChI=1S/C17H28N2O/c1-7-8-15(17(4,5)6)19(18)16(20)14-10-12(2)9-13(3)11-14/h9-11,15H,7-8,18H2,1-6H3/t15-/m1/s1. The van der Waals surface area contributed by atoms with E-state index in [0.717, 1.165) is 24.0 Å². The third kappa shape index (κ3) is 4.07. The van der Waals surface area contributed by atoms with Gasteiger partial charge in [0, 0.05) is 5.56 Å². The molecule has 3 heteroatoms. The van der Waals surface area contributed by atoms with E-state index >= 15 is 0 Å². The molecule has 1 amide bonds. The van der Waals surface area contributed by atoms with Gasteiger partial charge < -0.3 is 0 Å². The summed E-state index contributed by atoms with van der Waals surface area (Å²) in [5.74, 6) is 6.06. The van der Waals surface area contributed by atoms with Crippen LogP contribution in [0.2, 0.25) is 0 Å². The topological polar surface area (TPSA) is 46.3 Å². The number of hydrogen-bond acceptors (Lipinski definition) is 2. The van der Waals surface area contributed by atoms with Crippen molar-refractivity contribution in [2.75, 3.05) is 0 Å². The maximum absolute atomic E-state index is 12.6. The summed E-state index contributed by atoms with van der Waals surface area (Å²) >= 11 is 0. The van der Waals surface area contributed by atoms with Crippen molar-refractivity contribution in [3.05, 3.63) is 34.9 Å². The van der Waals surface area contributed by atoms with E-state index in [-0.39, 0.29) is 17.4 Å². The molecule has 0 saturated heterocycles. The molecule has 0 spiro atoms. The number of aryl methyl sites for hydroxylation is 2. The van der Waals surface area contributed by atoms with Crippen LogP contribution >= 0.6 is 0 Å². The van der Waals surface area contributed by atoms with Gasteiger partial charge in [0.2, 0.25) is 0 Å². The predicted octanol–water partition coefficient (Wildman–Crippen LogP) is 3.83. The lowest BCUT2D eigenvalue weighted by atomic mass is 9.83. The van der Waals surface area contributed by atoms with Crippen molar-refractivity contribution in [3.8, 4) is 0 Å². The molecular formula is C17H28N2O. The van der Waals surface area contributed by atoms with Gasteiger partial charge in [-0.2, -0.15) is 0 Å². The van der Waals surface area contributed by atoms with Crippen LogP contribution in [0.3, 0.4) is 0 Å². The fourth-order valence-corrected chi connectivity index (χ4v) is 2.65. The Bertz CT molecular complexity index is 454. The quantitative estimate of drug-likeness (QED) is 0.516. The molecule has 0 fully saturated rings. The summed E-state index contributed by atoms with van der Waals surface area (Å²) in [4.78, 5) is 12.6. The van der Waals surface area contributed by atoms with E-state index in [0.29, 0.717) is 5.56 Å². The molecule has 0 aliphatic carbocycles. The largest absolute Gasteiger partial charge is 0.273 e. The minimum Gasteiger partial charge on any atom is -0.273 e. The second-order valence-electron chi connectivity index (χ2n) is 6.76. The average Bonchev–Trinajstić information content (AvgIpc) is 2.31. The molecule has 0 aromatic heterocycles. The fraction of sp³-hybridized carbons (Fsp3) is 0.588. The van der Waals surface area contributed by atoms with Crippen LogP contribution < -0.4 is 5.84 Å². The van der Waals surface area contributed by atoms with Crippen LogP contribution in [0.1, 0.15) is 62.0 Å². The second-order valence-corrected chi connectivity index (χ2v) is 6.76. The van der Waals surface area contributed by atoms with Crippen molar-refractivity contribution < 1.29 is 4.79 Å². The maximum Gasteiger partial charge on any atom is 0.268 e. The minimum absolute atomic E-state index is 0.0285. The van der Waals surface area contributed by atoms with Gasteiger partial charge in [0.15, 0.2) is 0 Å². The van der Waals surface area contributed by atoms with Gasteiger partial charge in [-0.05, 0) is 37.8 Å². The Balaban J connectivity index is 3.05. The number of hydrogen-bond donors (Lipinski definition) is 1. The lowest BCUT2D eigenvalue weighted by Gasteiger charge is -2.37. The molecule has 0 aliphatic rings. The predicted molar refractivity (Wildman–Crippen MR) is 84.4 cm³/mol. The highest BCUT2D eigenvalue weighted by molar-refractivity contribution is 5.94. The van der Waals surface area contributed by atoms with Crippen LogP contribution in [0.4, 0.5) is 0 Å².